The highest BCUT2D eigenvalue weighted by Crippen LogP contribution is 2.44. The van der Waals surface area contributed by atoms with Gasteiger partial charge in [-0.1, -0.05) is 18.2 Å². The summed E-state index contributed by atoms with van der Waals surface area (Å²) in [6, 6.07) is 14.3. The van der Waals surface area contributed by atoms with Crippen molar-refractivity contribution in [3.63, 3.8) is 0 Å². The Morgan fingerprint density at radius 3 is 2.75 bits per heavy atom. The highest BCUT2D eigenvalue weighted by atomic mass is 32.2. The van der Waals surface area contributed by atoms with E-state index in [0.29, 0.717) is 5.75 Å². The van der Waals surface area contributed by atoms with Gasteiger partial charge in [0.2, 0.25) is 0 Å². The number of H-pyrrole nitrogens is 1. The van der Waals surface area contributed by atoms with Gasteiger partial charge in [-0.2, -0.15) is 0 Å². The average molecular weight is 337 g/mol. The van der Waals surface area contributed by atoms with Gasteiger partial charge in [0.25, 0.3) is 0 Å². The molecule has 0 radical (unpaired) electrons. The minimum atomic E-state index is -0.513. The third-order valence-corrected chi connectivity index (χ3v) is 5.33. The van der Waals surface area contributed by atoms with E-state index in [0.717, 1.165) is 16.7 Å². The summed E-state index contributed by atoms with van der Waals surface area (Å²) >= 11 is 1.85. The van der Waals surface area contributed by atoms with Gasteiger partial charge in [-0.3, -0.25) is 4.79 Å². The maximum atomic E-state index is 12.1. The molecule has 0 fully saturated rings. The Hall–Kier alpha value is -2.20. The summed E-state index contributed by atoms with van der Waals surface area (Å²) in [5, 5.41) is 1.13. The van der Waals surface area contributed by atoms with Crippen LogP contribution in [-0.4, -0.2) is 11.0 Å². The quantitative estimate of drug-likeness (QED) is 0.478. The summed E-state index contributed by atoms with van der Waals surface area (Å²) in [6.07, 6.45) is 0. The first-order chi connectivity index (χ1) is 11.4. The molecule has 4 rings (SSSR count). The Morgan fingerprint density at radius 1 is 1.17 bits per heavy atom. The van der Waals surface area contributed by atoms with Crippen LogP contribution in [0.25, 0.3) is 22.2 Å². The SMILES string of the molecule is CC(C)(C)C(=O)Oc1ccc2[nH]c3c(c2c1)CSc1ccccc1-3. The van der Waals surface area contributed by atoms with E-state index in [9.17, 15) is 4.79 Å². The van der Waals surface area contributed by atoms with Gasteiger partial charge in [-0.25, -0.2) is 0 Å². The molecule has 4 heteroatoms. The van der Waals surface area contributed by atoms with Gasteiger partial charge in [-0.05, 0) is 50.6 Å². The second-order valence-electron chi connectivity index (χ2n) is 7.11. The Morgan fingerprint density at radius 2 is 1.96 bits per heavy atom. The van der Waals surface area contributed by atoms with E-state index in [-0.39, 0.29) is 5.97 Å². The number of carbonyl (C=O) groups excluding carboxylic acids is 1. The monoisotopic (exact) mass is 337 g/mol. The van der Waals surface area contributed by atoms with Crippen LogP contribution in [0.2, 0.25) is 0 Å². The predicted molar refractivity (Wildman–Crippen MR) is 98.4 cm³/mol. The van der Waals surface area contributed by atoms with Crippen molar-refractivity contribution in [1.82, 2.24) is 4.98 Å². The maximum Gasteiger partial charge on any atom is 0.316 e. The maximum absolute atomic E-state index is 12.1. The molecule has 24 heavy (non-hydrogen) atoms. The lowest BCUT2D eigenvalue weighted by Gasteiger charge is -2.17. The zero-order valence-electron chi connectivity index (χ0n) is 14.0. The molecule has 0 spiro atoms. The van der Waals surface area contributed by atoms with E-state index >= 15 is 0 Å². The first-order valence-corrected chi connectivity index (χ1v) is 9.01. The molecule has 0 aliphatic carbocycles. The number of rotatable bonds is 1. The average Bonchev–Trinajstić information content (AvgIpc) is 2.92. The summed E-state index contributed by atoms with van der Waals surface area (Å²) in [5.41, 5.74) is 4.27. The molecular formula is C20H19NO2S. The predicted octanol–water partition coefficient (Wildman–Crippen LogP) is 5.39. The van der Waals surface area contributed by atoms with Crippen LogP contribution < -0.4 is 4.74 Å². The Kier molecular flexibility index (Phi) is 3.46. The molecule has 2 aromatic carbocycles. The van der Waals surface area contributed by atoms with Gasteiger partial charge in [0, 0.05) is 27.1 Å². The normalized spacial score (nSPS) is 13.5. The van der Waals surface area contributed by atoms with Crippen molar-refractivity contribution >= 4 is 28.6 Å². The first kappa shape index (κ1) is 15.3. The van der Waals surface area contributed by atoms with Crippen molar-refractivity contribution in [3.8, 4) is 17.0 Å². The number of aromatic amines is 1. The highest BCUT2D eigenvalue weighted by molar-refractivity contribution is 7.98. The van der Waals surface area contributed by atoms with Gasteiger partial charge in [0.05, 0.1) is 11.1 Å². The molecule has 1 aliphatic heterocycles. The summed E-state index contributed by atoms with van der Waals surface area (Å²) < 4.78 is 5.56. The zero-order valence-corrected chi connectivity index (χ0v) is 14.8. The number of thioether (sulfide) groups is 1. The molecular weight excluding hydrogens is 318 g/mol. The van der Waals surface area contributed by atoms with Crippen LogP contribution in [0.1, 0.15) is 26.3 Å². The van der Waals surface area contributed by atoms with E-state index in [1.54, 1.807) is 0 Å². The van der Waals surface area contributed by atoms with Crippen LogP contribution in [0.3, 0.4) is 0 Å². The van der Waals surface area contributed by atoms with Gasteiger partial charge < -0.3 is 9.72 Å². The molecule has 3 aromatic rings. The fourth-order valence-electron chi connectivity index (χ4n) is 2.88. The van der Waals surface area contributed by atoms with E-state index in [1.807, 2.05) is 50.7 Å². The molecule has 3 nitrogen and oxygen atoms in total. The number of aromatic nitrogens is 1. The fraction of sp³-hybridized carbons (Fsp3) is 0.250. The molecule has 0 saturated heterocycles. The summed E-state index contributed by atoms with van der Waals surface area (Å²) in [4.78, 5) is 17.0. The largest absolute Gasteiger partial charge is 0.426 e. The van der Waals surface area contributed by atoms with Crippen LogP contribution >= 0.6 is 11.8 Å². The minimum absolute atomic E-state index is 0.217. The van der Waals surface area contributed by atoms with E-state index in [1.165, 1.54) is 21.7 Å². The van der Waals surface area contributed by atoms with Crippen molar-refractivity contribution < 1.29 is 9.53 Å². The zero-order chi connectivity index (χ0) is 16.9. The molecule has 122 valence electrons. The van der Waals surface area contributed by atoms with Crippen molar-refractivity contribution in [2.75, 3.05) is 0 Å². The third kappa shape index (κ3) is 2.51. The molecule has 1 N–H and O–H groups in total. The second kappa shape index (κ2) is 5.42. The molecule has 0 bridgehead atoms. The van der Waals surface area contributed by atoms with Crippen molar-refractivity contribution in [2.45, 2.75) is 31.4 Å². The van der Waals surface area contributed by atoms with Gasteiger partial charge >= 0.3 is 5.97 Å². The molecule has 0 atom stereocenters. The van der Waals surface area contributed by atoms with Gasteiger partial charge in [-0.15, -0.1) is 11.8 Å². The molecule has 0 saturated carbocycles. The molecule has 0 amide bonds. The number of esters is 1. The topological polar surface area (TPSA) is 42.1 Å². The number of hydrogen-bond acceptors (Lipinski definition) is 3. The van der Waals surface area contributed by atoms with E-state index in [4.69, 9.17) is 4.74 Å². The standard InChI is InChI=1S/C20H19NO2S/c1-20(2,3)19(22)23-12-8-9-16-14(10-12)15-11-24-17-7-5-4-6-13(17)18(15)21-16/h4-10,21H,11H2,1-3H3. The Balaban J connectivity index is 1.79. The number of carbonyl (C=O) groups is 1. The minimum Gasteiger partial charge on any atom is -0.426 e. The lowest BCUT2D eigenvalue weighted by atomic mass is 9.97. The van der Waals surface area contributed by atoms with Crippen molar-refractivity contribution in [1.29, 1.82) is 0 Å². The highest BCUT2D eigenvalue weighted by Gasteiger charge is 2.25. The van der Waals surface area contributed by atoms with Gasteiger partial charge in [0.1, 0.15) is 5.75 Å². The fourth-order valence-corrected chi connectivity index (χ4v) is 3.98. The number of nitrogens with one attached hydrogen (secondary N) is 1. The van der Waals surface area contributed by atoms with Crippen LogP contribution in [0.15, 0.2) is 47.4 Å². The van der Waals surface area contributed by atoms with Gasteiger partial charge in [0.15, 0.2) is 0 Å². The first-order valence-electron chi connectivity index (χ1n) is 8.02. The van der Waals surface area contributed by atoms with Crippen LogP contribution in [0.4, 0.5) is 0 Å². The number of benzene rings is 2. The molecule has 2 heterocycles. The Labute approximate surface area is 145 Å². The summed E-state index contributed by atoms with van der Waals surface area (Å²) in [6.45, 7) is 5.58. The lowest BCUT2D eigenvalue weighted by molar-refractivity contribution is -0.142. The van der Waals surface area contributed by atoms with E-state index in [2.05, 4.69) is 29.2 Å². The second-order valence-corrected chi connectivity index (χ2v) is 8.13. The molecule has 0 unspecified atom stereocenters. The number of fused-ring (bicyclic) bond motifs is 5. The van der Waals surface area contributed by atoms with Crippen LogP contribution in [-0.2, 0) is 10.5 Å². The summed E-state index contributed by atoms with van der Waals surface area (Å²) in [5.74, 6) is 1.31. The van der Waals surface area contributed by atoms with Crippen molar-refractivity contribution in [3.05, 3.63) is 48.0 Å². The van der Waals surface area contributed by atoms with E-state index < -0.39 is 5.41 Å². The van der Waals surface area contributed by atoms with Crippen molar-refractivity contribution in [2.24, 2.45) is 5.41 Å². The Bertz CT molecular complexity index is 950. The van der Waals surface area contributed by atoms with Crippen LogP contribution in [0, 0.1) is 5.41 Å². The summed E-state index contributed by atoms with van der Waals surface area (Å²) in [7, 11) is 0. The molecule has 1 aromatic heterocycles. The molecule has 1 aliphatic rings. The third-order valence-electron chi connectivity index (χ3n) is 4.23. The smallest absolute Gasteiger partial charge is 0.316 e. The number of hydrogen-bond donors (Lipinski definition) is 1. The lowest BCUT2D eigenvalue weighted by Crippen LogP contribution is -2.25. The number of ether oxygens (including phenoxy) is 1. The van der Waals surface area contributed by atoms with Crippen LogP contribution in [0.5, 0.6) is 5.75 Å².